The number of fused-ring (bicyclic) bond motifs is 1. The fourth-order valence-corrected chi connectivity index (χ4v) is 2.36. The van der Waals surface area contributed by atoms with Crippen LogP contribution >= 0.6 is 0 Å². The van der Waals surface area contributed by atoms with Gasteiger partial charge in [-0.15, -0.1) is 0 Å². The van der Waals surface area contributed by atoms with Gasteiger partial charge in [-0.1, -0.05) is 18.2 Å². The summed E-state index contributed by atoms with van der Waals surface area (Å²) in [6, 6.07) is 8.24. The first-order valence-corrected chi connectivity index (χ1v) is 6.35. The molecule has 1 N–H and O–H groups in total. The van der Waals surface area contributed by atoms with Crippen LogP contribution in [-0.4, -0.2) is 43.7 Å². The number of nitrogens with zero attached hydrogens (tertiary/aromatic N) is 2. The van der Waals surface area contributed by atoms with Gasteiger partial charge in [-0.3, -0.25) is 0 Å². The highest BCUT2D eigenvalue weighted by atomic mass is 16.3. The van der Waals surface area contributed by atoms with Crippen molar-refractivity contribution in [3.8, 4) is 0 Å². The summed E-state index contributed by atoms with van der Waals surface area (Å²) in [5, 5.41) is 10.1. The molecule has 94 valence electrons. The lowest BCUT2D eigenvalue weighted by atomic mass is 10.0. The van der Waals surface area contributed by atoms with E-state index >= 15 is 0 Å². The molecule has 0 saturated heterocycles. The van der Waals surface area contributed by atoms with Crippen molar-refractivity contribution in [1.82, 2.24) is 4.90 Å². The maximum Gasteiger partial charge on any atom is 0.0810 e. The molecule has 0 spiro atoms. The molecule has 0 aliphatic carbocycles. The Hall–Kier alpha value is -1.06. The zero-order valence-electron chi connectivity index (χ0n) is 10.8. The van der Waals surface area contributed by atoms with E-state index in [1.54, 1.807) is 0 Å². The van der Waals surface area contributed by atoms with Gasteiger partial charge in [0.1, 0.15) is 0 Å². The van der Waals surface area contributed by atoms with Crippen molar-refractivity contribution in [3.63, 3.8) is 0 Å². The average molecular weight is 234 g/mol. The van der Waals surface area contributed by atoms with E-state index in [2.05, 4.69) is 36.0 Å². The third-order valence-electron chi connectivity index (χ3n) is 3.36. The van der Waals surface area contributed by atoms with Gasteiger partial charge in [0.15, 0.2) is 0 Å². The summed E-state index contributed by atoms with van der Waals surface area (Å²) in [5.41, 5.74) is 2.29. The lowest BCUT2D eigenvalue weighted by Crippen LogP contribution is -2.32. The van der Waals surface area contributed by atoms with Crippen LogP contribution in [-0.2, 0) is 0 Å². The molecule has 0 fully saturated rings. The van der Waals surface area contributed by atoms with Crippen LogP contribution in [0.1, 0.15) is 24.5 Å². The van der Waals surface area contributed by atoms with E-state index in [0.29, 0.717) is 0 Å². The number of benzene rings is 1. The van der Waals surface area contributed by atoms with E-state index in [4.69, 9.17) is 0 Å². The SMILES string of the molecule is CN(C)CCN1CCCC(O)c2ccccc21. The van der Waals surface area contributed by atoms with Crippen LogP contribution in [0.5, 0.6) is 0 Å². The molecule has 0 radical (unpaired) electrons. The summed E-state index contributed by atoms with van der Waals surface area (Å²) in [7, 11) is 4.19. The first-order chi connectivity index (χ1) is 8.18. The van der Waals surface area contributed by atoms with Gasteiger partial charge in [0.25, 0.3) is 0 Å². The predicted molar refractivity (Wildman–Crippen MR) is 71.4 cm³/mol. The molecular formula is C14H22N2O. The van der Waals surface area contributed by atoms with Crippen molar-refractivity contribution in [2.45, 2.75) is 18.9 Å². The molecule has 0 bridgehead atoms. The predicted octanol–water partition coefficient (Wildman–Crippen LogP) is 1.88. The second-order valence-corrected chi connectivity index (χ2v) is 5.01. The normalized spacial score (nSPS) is 20.2. The van der Waals surface area contributed by atoms with Crippen LogP contribution in [0.2, 0.25) is 0 Å². The van der Waals surface area contributed by atoms with Crippen LogP contribution in [0.3, 0.4) is 0 Å². The molecule has 1 unspecified atom stereocenters. The number of hydrogen-bond acceptors (Lipinski definition) is 3. The second kappa shape index (κ2) is 5.52. The summed E-state index contributed by atoms with van der Waals surface area (Å²) in [5.74, 6) is 0. The van der Waals surface area contributed by atoms with E-state index < -0.39 is 0 Å². The summed E-state index contributed by atoms with van der Waals surface area (Å²) in [6.07, 6.45) is 1.63. The molecule has 0 saturated carbocycles. The molecule has 1 aliphatic rings. The van der Waals surface area contributed by atoms with Crippen molar-refractivity contribution in [2.75, 3.05) is 38.6 Å². The van der Waals surface area contributed by atoms with Gasteiger partial charge in [-0.25, -0.2) is 0 Å². The van der Waals surface area contributed by atoms with E-state index in [1.165, 1.54) is 5.69 Å². The van der Waals surface area contributed by atoms with Gasteiger partial charge in [-0.05, 0) is 33.0 Å². The van der Waals surface area contributed by atoms with Crippen molar-refractivity contribution in [1.29, 1.82) is 0 Å². The molecule has 0 aromatic heterocycles. The topological polar surface area (TPSA) is 26.7 Å². The highest BCUT2D eigenvalue weighted by Crippen LogP contribution is 2.32. The largest absolute Gasteiger partial charge is 0.388 e. The minimum absolute atomic E-state index is 0.296. The van der Waals surface area contributed by atoms with Gasteiger partial charge in [0.05, 0.1) is 6.10 Å². The van der Waals surface area contributed by atoms with Crippen molar-refractivity contribution < 1.29 is 5.11 Å². The Morgan fingerprint density at radius 3 is 2.88 bits per heavy atom. The average Bonchev–Trinajstić information content (AvgIpc) is 2.47. The Kier molecular flexibility index (Phi) is 4.02. The van der Waals surface area contributed by atoms with E-state index in [-0.39, 0.29) is 6.10 Å². The molecule has 2 rings (SSSR count). The van der Waals surface area contributed by atoms with Crippen molar-refractivity contribution >= 4 is 5.69 Å². The van der Waals surface area contributed by atoms with Gasteiger partial charge in [0.2, 0.25) is 0 Å². The smallest absolute Gasteiger partial charge is 0.0810 e. The molecule has 1 atom stereocenters. The Bertz CT molecular complexity index is 365. The van der Waals surface area contributed by atoms with Gasteiger partial charge >= 0.3 is 0 Å². The van der Waals surface area contributed by atoms with Crippen LogP contribution in [0.25, 0.3) is 0 Å². The quantitative estimate of drug-likeness (QED) is 0.865. The number of aliphatic hydroxyl groups is 1. The van der Waals surface area contributed by atoms with Crippen molar-refractivity contribution in [3.05, 3.63) is 29.8 Å². The number of hydrogen-bond donors (Lipinski definition) is 1. The molecule has 0 amide bonds. The van der Waals surface area contributed by atoms with Gasteiger partial charge < -0.3 is 14.9 Å². The first-order valence-electron chi connectivity index (χ1n) is 6.35. The van der Waals surface area contributed by atoms with E-state index in [1.807, 2.05) is 12.1 Å². The van der Waals surface area contributed by atoms with E-state index in [9.17, 15) is 5.11 Å². The standard InChI is InChI=1S/C14H22N2O/c1-15(2)10-11-16-9-5-8-14(17)12-6-3-4-7-13(12)16/h3-4,6-7,14,17H,5,8-11H2,1-2H3. The van der Waals surface area contributed by atoms with E-state index in [0.717, 1.165) is 38.0 Å². The fraction of sp³-hybridized carbons (Fsp3) is 0.571. The molecule has 1 heterocycles. The van der Waals surface area contributed by atoms with Gasteiger partial charge in [0, 0.05) is 30.9 Å². The molecule has 3 heteroatoms. The molecular weight excluding hydrogens is 212 g/mol. The fourth-order valence-electron chi connectivity index (χ4n) is 2.36. The molecule has 1 aromatic rings. The number of rotatable bonds is 3. The number of likely N-dealkylation sites (N-methyl/N-ethyl adjacent to an activating group) is 1. The number of aliphatic hydroxyl groups excluding tert-OH is 1. The number of anilines is 1. The Labute approximate surface area is 104 Å². The van der Waals surface area contributed by atoms with Crippen molar-refractivity contribution in [2.24, 2.45) is 0 Å². The van der Waals surface area contributed by atoms with Crippen LogP contribution in [0.4, 0.5) is 5.69 Å². The maximum absolute atomic E-state index is 10.1. The Morgan fingerprint density at radius 2 is 2.12 bits per heavy atom. The zero-order valence-corrected chi connectivity index (χ0v) is 10.8. The third kappa shape index (κ3) is 2.99. The first kappa shape index (κ1) is 12.4. The lowest BCUT2D eigenvalue weighted by Gasteiger charge is -2.26. The minimum atomic E-state index is -0.296. The number of para-hydroxylation sites is 1. The molecule has 1 aromatic carbocycles. The summed E-state index contributed by atoms with van der Waals surface area (Å²) >= 11 is 0. The second-order valence-electron chi connectivity index (χ2n) is 5.01. The summed E-state index contributed by atoms with van der Waals surface area (Å²) < 4.78 is 0. The molecule has 17 heavy (non-hydrogen) atoms. The molecule has 1 aliphatic heterocycles. The summed E-state index contributed by atoms with van der Waals surface area (Å²) in [4.78, 5) is 4.59. The minimum Gasteiger partial charge on any atom is -0.388 e. The lowest BCUT2D eigenvalue weighted by molar-refractivity contribution is 0.168. The Morgan fingerprint density at radius 1 is 1.35 bits per heavy atom. The zero-order chi connectivity index (χ0) is 12.3. The highest BCUT2D eigenvalue weighted by molar-refractivity contribution is 5.55. The third-order valence-corrected chi connectivity index (χ3v) is 3.36. The maximum atomic E-state index is 10.1. The monoisotopic (exact) mass is 234 g/mol. The Balaban J connectivity index is 2.19. The highest BCUT2D eigenvalue weighted by Gasteiger charge is 2.20. The molecule has 3 nitrogen and oxygen atoms in total. The van der Waals surface area contributed by atoms with Crippen LogP contribution in [0.15, 0.2) is 24.3 Å². The van der Waals surface area contributed by atoms with Crippen LogP contribution in [0, 0.1) is 0 Å². The summed E-state index contributed by atoms with van der Waals surface area (Å²) in [6.45, 7) is 3.11. The van der Waals surface area contributed by atoms with Crippen LogP contribution < -0.4 is 4.90 Å². The van der Waals surface area contributed by atoms with Gasteiger partial charge in [-0.2, -0.15) is 0 Å².